The number of rotatable bonds is 4. The summed E-state index contributed by atoms with van der Waals surface area (Å²) in [7, 11) is 0. The van der Waals surface area contributed by atoms with Crippen LogP contribution in [0.15, 0.2) is 28.7 Å². The third-order valence-corrected chi connectivity index (χ3v) is 4.33. The average Bonchev–Trinajstić information content (AvgIpc) is 2.83. The predicted molar refractivity (Wildman–Crippen MR) is 75.2 cm³/mol. The van der Waals surface area contributed by atoms with Crippen molar-refractivity contribution < 1.29 is 5.11 Å². The highest BCUT2D eigenvalue weighted by Crippen LogP contribution is 2.36. The van der Waals surface area contributed by atoms with Crippen LogP contribution in [0.25, 0.3) is 0 Å². The maximum absolute atomic E-state index is 9.70. The van der Waals surface area contributed by atoms with Crippen molar-refractivity contribution in [1.29, 1.82) is 0 Å². The van der Waals surface area contributed by atoms with Crippen LogP contribution < -0.4 is 5.32 Å². The smallest absolute Gasteiger partial charge is 0.0661 e. The van der Waals surface area contributed by atoms with Gasteiger partial charge in [-0.2, -0.15) is 0 Å². The minimum absolute atomic E-state index is 0.185. The number of nitrogens with one attached hydrogen (secondary N) is 1. The van der Waals surface area contributed by atoms with E-state index in [9.17, 15) is 5.11 Å². The lowest BCUT2D eigenvalue weighted by atomic mass is 9.84. The maximum atomic E-state index is 9.70. The number of aliphatic hydroxyl groups excluding tert-OH is 1. The van der Waals surface area contributed by atoms with Crippen molar-refractivity contribution >= 4 is 21.6 Å². The quantitative estimate of drug-likeness (QED) is 0.886. The van der Waals surface area contributed by atoms with Gasteiger partial charge >= 0.3 is 0 Å². The number of hydrogen-bond acceptors (Lipinski definition) is 2. The van der Waals surface area contributed by atoms with E-state index in [-0.39, 0.29) is 12.1 Å². The molecule has 94 valence electrons. The molecule has 1 atom stereocenters. The fraction of sp³-hybridized carbons (Fsp3) is 0.571. The Bertz CT molecular complexity index is 376. The second-order valence-electron chi connectivity index (χ2n) is 5.19. The molecule has 2 rings (SSSR count). The van der Waals surface area contributed by atoms with E-state index in [1.54, 1.807) is 0 Å². The van der Waals surface area contributed by atoms with Crippen molar-refractivity contribution in [2.24, 2.45) is 5.92 Å². The Morgan fingerprint density at radius 2 is 2.12 bits per heavy atom. The Hall–Kier alpha value is -0.540. The summed E-state index contributed by atoms with van der Waals surface area (Å²) in [6, 6.07) is 8.13. The van der Waals surface area contributed by atoms with Gasteiger partial charge in [0.15, 0.2) is 0 Å². The molecule has 0 aromatic heterocycles. The van der Waals surface area contributed by atoms with E-state index < -0.39 is 0 Å². The van der Waals surface area contributed by atoms with Crippen molar-refractivity contribution in [3.63, 3.8) is 0 Å². The molecule has 1 unspecified atom stereocenters. The highest BCUT2D eigenvalue weighted by atomic mass is 79.9. The number of hydrogen-bond donors (Lipinski definition) is 2. The summed E-state index contributed by atoms with van der Waals surface area (Å²) in [5.74, 6) is 0.575. The van der Waals surface area contributed by atoms with E-state index in [4.69, 9.17) is 0 Å². The standard InChI is InChI=1S/C14H20BrNO/c1-14(10-17,11-5-2-3-6-11)16-13-8-4-7-12(15)9-13/h4,7-9,11,16-17H,2-3,5-6,10H2,1H3. The van der Waals surface area contributed by atoms with Crippen LogP contribution in [0.5, 0.6) is 0 Å². The van der Waals surface area contributed by atoms with Gasteiger partial charge in [0.25, 0.3) is 0 Å². The molecule has 0 spiro atoms. The van der Waals surface area contributed by atoms with Crippen molar-refractivity contribution in [2.75, 3.05) is 11.9 Å². The summed E-state index contributed by atoms with van der Waals surface area (Å²) in [5, 5.41) is 13.2. The average molecular weight is 298 g/mol. The predicted octanol–water partition coefficient (Wildman–Crippen LogP) is 3.80. The topological polar surface area (TPSA) is 32.3 Å². The van der Waals surface area contributed by atoms with E-state index in [2.05, 4.69) is 34.2 Å². The van der Waals surface area contributed by atoms with E-state index in [1.807, 2.05) is 18.2 Å². The van der Waals surface area contributed by atoms with E-state index in [0.29, 0.717) is 5.92 Å². The molecule has 1 fully saturated rings. The second kappa shape index (κ2) is 5.40. The summed E-state index contributed by atoms with van der Waals surface area (Å²) >= 11 is 3.47. The van der Waals surface area contributed by atoms with Gasteiger partial charge in [-0.3, -0.25) is 0 Å². The number of anilines is 1. The third kappa shape index (κ3) is 3.02. The van der Waals surface area contributed by atoms with Gasteiger partial charge in [-0.05, 0) is 43.9 Å². The Balaban J connectivity index is 2.13. The lowest BCUT2D eigenvalue weighted by Crippen LogP contribution is -2.45. The Kier molecular flexibility index (Phi) is 4.10. The molecule has 0 heterocycles. The van der Waals surface area contributed by atoms with Crippen LogP contribution in [-0.4, -0.2) is 17.3 Å². The summed E-state index contributed by atoms with van der Waals surface area (Å²) < 4.78 is 1.06. The summed E-state index contributed by atoms with van der Waals surface area (Å²) in [4.78, 5) is 0. The molecule has 0 bridgehead atoms. The van der Waals surface area contributed by atoms with Gasteiger partial charge in [-0.15, -0.1) is 0 Å². The third-order valence-electron chi connectivity index (χ3n) is 3.84. The summed E-state index contributed by atoms with van der Waals surface area (Å²) in [6.45, 7) is 2.31. The van der Waals surface area contributed by atoms with E-state index in [1.165, 1.54) is 25.7 Å². The molecule has 1 saturated carbocycles. The van der Waals surface area contributed by atoms with Gasteiger partial charge in [0.1, 0.15) is 0 Å². The van der Waals surface area contributed by atoms with Crippen molar-refractivity contribution in [3.8, 4) is 0 Å². The molecule has 0 amide bonds. The molecular weight excluding hydrogens is 278 g/mol. The summed E-state index contributed by atoms with van der Waals surface area (Å²) in [6.07, 6.45) is 5.02. The van der Waals surface area contributed by atoms with Crippen molar-refractivity contribution in [3.05, 3.63) is 28.7 Å². The molecule has 0 saturated heterocycles. The van der Waals surface area contributed by atoms with Crippen LogP contribution in [0, 0.1) is 5.92 Å². The molecular formula is C14H20BrNO. The molecule has 3 heteroatoms. The highest BCUT2D eigenvalue weighted by Gasteiger charge is 2.35. The zero-order valence-corrected chi connectivity index (χ0v) is 11.8. The Morgan fingerprint density at radius 3 is 2.71 bits per heavy atom. The lowest BCUT2D eigenvalue weighted by molar-refractivity contribution is 0.172. The zero-order valence-electron chi connectivity index (χ0n) is 10.2. The first-order valence-corrected chi connectivity index (χ1v) is 7.08. The lowest BCUT2D eigenvalue weighted by Gasteiger charge is -2.36. The fourth-order valence-electron chi connectivity index (χ4n) is 2.73. The molecule has 1 aliphatic carbocycles. The van der Waals surface area contributed by atoms with Crippen molar-refractivity contribution in [2.45, 2.75) is 38.1 Å². The summed E-state index contributed by atoms with van der Waals surface area (Å²) in [5.41, 5.74) is 0.875. The van der Waals surface area contributed by atoms with Gasteiger partial charge in [-0.1, -0.05) is 34.8 Å². The van der Waals surface area contributed by atoms with Crippen LogP contribution in [0.2, 0.25) is 0 Å². The van der Waals surface area contributed by atoms with Gasteiger partial charge in [0, 0.05) is 10.2 Å². The van der Waals surface area contributed by atoms with Crippen LogP contribution in [-0.2, 0) is 0 Å². The molecule has 0 radical (unpaired) electrons. The van der Waals surface area contributed by atoms with Gasteiger partial charge < -0.3 is 10.4 Å². The van der Waals surface area contributed by atoms with Gasteiger partial charge in [0.05, 0.1) is 12.1 Å². The van der Waals surface area contributed by atoms with E-state index >= 15 is 0 Å². The highest BCUT2D eigenvalue weighted by molar-refractivity contribution is 9.10. The first-order chi connectivity index (χ1) is 8.14. The Labute approximate surface area is 112 Å². The normalized spacial score (nSPS) is 20.2. The molecule has 1 aliphatic rings. The number of aliphatic hydroxyl groups is 1. The molecule has 1 aromatic carbocycles. The van der Waals surface area contributed by atoms with Crippen LogP contribution in [0.1, 0.15) is 32.6 Å². The molecule has 2 nitrogen and oxygen atoms in total. The van der Waals surface area contributed by atoms with Gasteiger partial charge in [-0.25, -0.2) is 0 Å². The molecule has 0 aliphatic heterocycles. The minimum atomic E-state index is -0.197. The largest absolute Gasteiger partial charge is 0.394 e. The maximum Gasteiger partial charge on any atom is 0.0661 e. The number of halogens is 1. The van der Waals surface area contributed by atoms with Crippen LogP contribution in [0.4, 0.5) is 5.69 Å². The monoisotopic (exact) mass is 297 g/mol. The molecule has 2 N–H and O–H groups in total. The first-order valence-electron chi connectivity index (χ1n) is 6.29. The Morgan fingerprint density at radius 1 is 1.41 bits per heavy atom. The molecule has 17 heavy (non-hydrogen) atoms. The minimum Gasteiger partial charge on any atom is -0.394 e. The van der Waals surface area contributed by atoms with Gasteiger partial charge in [0.2, 0.25) is 0 Å². The van der Waals surface area contributed by atoms with Crippen molar-refractivity contribution in [1.82, 2.24) is 0 Å². The molecule has 1 aromatic rings. The van der Waals surface area contributed by atoms with E-state index in [0.717, 1.165) is 10.2 Å². The number of benzene rings is 1. The zero-order chi connectivity index (χ0) is 12.3. The fourth-order valence-corrected chi connectivity index (χ4v) is 3.13. The van der Waals surface area contributed by atoms with Crippen LogP contribution in [0.3, 0.4) is 0 Å². The van der Waals surface area contributed by atoms with Crippen LogP contribution >= 0.6 is 15.9 Å². The second-order valence-corrected chi connectivity index (χ2v) is 6.11. The first kappa shape index (κ1) is 12.9. The SMILES string of the molecule is CC(CO)(Nc1cccc(Br)c1)C1CCCC1.